The maximum atomic E-state index is 12.1. The molecule has 0 fully saturated rings. The first-order valence-electron chi connectivity index (χ1n) is 6.66. The molecule has 4 nitrogen and oxygen atoms in total. The molecular weight excluding hydrogens is 347 g/mol. The van der Waals surface area contributed by atoms with Crippen molar-refractivity contribution in [2.45, 2.75) is 13.5 Å². The van der Waals surface area contributed by atoms with Gasteiger partial charge in [-0.2, -0.15) is 0 Å². The molecule has 0 aliphatic rings. The smallest absolute Gasteiger partial charge is 0.279 e. The first kappa shape index (κ1) is 17.2. The number of furan rings is 1. The van der Waals surface area contributed by atoms with Gasteiger partial charge in [-0.25, -0.2) is 0 Å². The highest BCUT2D eigenvalue weighted by Gasteiger charge is 2.16. The van der Waals surface area contributed by atoms with Crippen molar-refractivity contribution in [2.24, 2.45) is 0 Å². The Bertz CT molecular complexity index is 662. The molecule has 2 rings (SSSR count). The predicted octanol–water partition coefficient (Wildman–Crippen LogP) is 3.20. The molecule has 0 saturated heterocycles. The Morgan fingerprint density at radius 1 is 1.23 bits per heavy atom. The highest BCUT2D eigenvalue weighted by molar-refractivity contribution is 6.42. The normalized spacial score (nSPS) is 12.2. The molecule has 0 radical (unpaired) electrons. The third kappa shape index (κ3) is 4.65. The third-order valence-corrected chi connectivity index (χ3v) is 3.82. The van der Waals surface area contributed by atoms with Gasteiger partial charge in [-0.1, -0.05) is 34.8 Å². The summed E-state index contributed by atoms with van der Waals surface area (Å²) < 4.78 is 5.50. The minimum Gasteiger partial charge on any atom is -0.460 e. The number of quaternary nitrogens is 1. The molecule has 1 aromatic carbocycles. The fourth-order valence-corrected chi connectivity index (χ4v) is 2.97. The van der Waals surface area contributed by atoms with Crippen molar-refractivity contribution < 1.29 is 14.1 Å². The molecule has 0 aliphatic carbocycles. The number of anilines is 1. The maximum Gasteiger partial charge on any atom is 0.279 e. The van der Waals surface area contributed by atoms with Crippen molar-refractivity contribution in [3.05, 3.63) is 50.9 Å². The number of carbonyl (C=O) groups excluding carboxylic acids is 1. The van der Waals surface area contributed by atoms with Crippen LogP contribution in [0, 0.1) is 6.92 Å². The summed E-state index contributed by atoms with van der Waals surface area (Å²) in [4.78, 5) is 13.1. The molecule has 118 valence electrons. The summed E-state index contributed by atoms with van der Waals surface area (Å²) in [6, 6.07) is 6.87. The molecule has 1 heterocycles. The lowest BCUT2D eigenvalue weighted by molar-refractivity contribution is -0.886. The van der Waals surface area contributed by atoms with Gasteiger partial charge in [0.2, 0.25) is 0 Å². The number of rotatable bonds is 5. The van der Waals surface area contributed by atoms with Crippen LogP contribution in [0.1, 0.15) is 11.5 Å². The maximum absolute atomic E-state index is 12.1. The molecule has 0 bridgehead atoms. The van der Waals surface area contributed by atoms with E-state index < -0.39 is 0 Å². The zero-order chi connectivity index (χ0) is 16.3. The Morgan fingerprint density at radius 3 is 2.41 bits per heavy atom. The average molecular weight is 363 g/mol. The van der Waals surface area contributed by atoms with Crippen molar-refractivity contribution in [1.29, 1.82) is 0 Å². The van der Waals surface area contributed by atoms with Crippen LogP contribution in [0.25, 0.3) is 0 Å². The topological polar surface area (TPSA) is 46.7 Å². The molecule has 0 saturated carbocycles. The van der Waals surface area contributed by atoms with E-state index in [9.17, 15) is 4.79 Å². The average Bonchev–Trinajstić information content (AvgIpc) is 2.79. The third-order valence-electron chi connectivity index (χ3n) is 3.01. The number of hydrogen-bond donors (Lipinski definition) is 2. The molecular formula is C15H16Cl3N2O2+. The second-order valence-corrected chi connectivity index (χ2v) is 6.37. The zero-order valence-electron chi connectivity index (χ0n) is 12.2. The second-order valence-electron chi connectivity index (χ2n) is 5.12. The van der Waals surface area contributed by atoms with Crippen molar-refractivity contribution in [3.8, 4) is 0 Å². The Balaban J connectivity index is 1.95. The van der Waals surface area contributed by atoms with E-state index in [1.54, 1.807) is 0 Å². The summed E-state index contributed by atoms with van der Waals surface area (Å²) in [7, 11) is 1.91. The summed E-state index contributed by atoms with van der Waals surface area (Å²) in [6.07, 6.45) is 0. The first-order chi connectivity index (χ1) is 10.3. The molecule has 0 aliphatic heterocycles. The summed E-state index contributed by atoms with van der Waals surface area (Å²) >= 11 is 17.9. The van der Waals surface area contributed by atoms with Crippen LogP contribution in [-0.4, -0.2) is 19.5 Å². The lowest BCUT2D eigenvalue weighted by atomic mass is 10.3. The van der Waals surface area contributed by atoms with E-state index in [4.69, 9.17) is 39.2 Å². The van der Waals surface area contributed by atoms with Crippen LogP contribution in [0.4, 0.5) is 5.69 Å². The van der Waals surface area contributed by atoms with E-state index in [0.717, 1.165) is 16.4 Å². The molecule has 0 spiro atoms. The Morgan fingerprint density at radius 2 is 1.86 bits per heavy atom. The van der Waals surface area contributed by atoms with Gasteiger partial charge >= 0.3 is 0 Å². The van der Waals surface area contributed by atoms with Gasteiger partial charge in [-0.15, -0.1) is 0 Å². The SMILES string of the molecule is Cc1ccc(C[NH+](C)CC(=O)Nc2c(Cl)cc(Cl)cc2Cl)o1. The number of amides is 1. The number of benzene rings is 1. The molecule has 2 aromatic rings. The van der Waals surface area contributed by atoms with Crippen molar-refractivity contribution in [3.63, 3.8) is 0 Å². The van der Waals surface area contributed by atoms with Gasteiger partial charge in [0.1, 0.15) is 12.3 Å². The summed E-state index contributed by atoms with van der Waals surface area (Å²) in [5, 5.41) is 3.76. The van der Waals surface area contributed by atoms with Crippen LogP contribution in [-0.2, 0) is 11.3 Å². The van der Waals surface area contributed by atoms with E-state index in [0.29, 0.717) is 27.3 Å². The quantitative estimate of drug-likeness (QED) is 0.858. The zero-order valence-corrected chi connectivity index (χ0v) is 14.4. The monoisotopic (exact) mass is 361 g/mol. The van der Waals surface area contributed by atoms with Crippen LogP contribution in [0.2, 0.25) is 15.1 Å². The minimum absolute atomic E-state index is 0.188. The predicted molar refractivity (Wildman–Crippen MR) is 89.0 cm³/mol. The van der Waals surface area contributed by atoms with Gasteiger partial charge in [-0.05, 0) is 31.2 Å². The van der Waals surface area contributed by atoms with Gasteiger partial charge in [0.15, 0.2) is 12.3 Å². The number of likely N-dealkylation sites (N-methyl/N-ethyl adjacent to an activating group) is 1. The van der Waals surface area contributed by atoms with Gasteiger partial charge in [0.25, 0.3) is 5.91 Å². The van der Waals surface area contributed by atoms with Gasteiger partial charge < -0.3 is 14.6 Å². The van der Waals surface area contributed by atoms with E-state index in [1.807, 2.05) is 26.1 Å². The number of halogens is 3. The summed E-state index contributed by atoms with van der Waals surface area (Å²) in [5.41, 5.74) is 0.374. The van der Waals surface area contributed by atoms with Crippen LogP contribution in [0.3, 0.4) is 0 Å². The molecule has 22 heavy (non-hydrogen) atoms. The van der Waals surface area contributed by atoms with E-state index in [1.165, 1.54) is 12.1 Å². The van der Waals surface area contributed by atoms with Crippen LogP contribution in [0.5, 0.6) is 0 Å². The molecule has 1 unspecified atom stereocenters. The highest BCUT2D eigenvalue weighted by atomic mass is 35.5. The van der Waals surface area contributed by atoms with Crippen LogP contribution < -0.4 is 10.2 Å². The largest absolute Gasteiger partial charge is 0.460 e. The second kappa shape index (κ2) is 7.38. The molecule has 1 amide bonds. The molecule has 2 N–H and O–H groups in total. The van der Waals surface area contributed by atoms with Gasteiger partial charge in [0.05, 0.1) is 22.8 Å². The Labute approximate surface area is 143 Å². The molecule has 1 aromatic heterocycles. The number of hydrogen-bond acceptors (Lipinski definition) is 2. The van der Waals surface area contributed by atoms with E-state index in [2.05, 4.69) is 5.32 Å². The van der Waals surface area contributed by atoms with Crippen LogP contribution in [0.15, 0.2) is 28.7 Å². The lowest BCUT2D eigenvalue weighted by Crippen LogP contribution is -3.08. The van der Waals surface area contributed by atoms with Gasteiger partial charge in [-0.3, -0.25) is 4.79 Å². The molecule has 7 heteroatoms. The fraction of sp³-hybridized carbons (Fsp3) is 0.267. The van der Waals surface area contributed by atoms with Crippen molar-refractivity contribution >= 4 is 46.4 Å². The van der Waals surface area contributed by atoms with Crippen LogP contribution >= 0.6 is 34.8 Å². The summed E-state index contributed by atoms with van der Waals surface area (Å²) in [6.45, 7) is 2.76. The highest BCUT2D eigenvalue weighted by Crippen LogP contribution is 2.33. The first-order valence-corrected chi connectivity index (χ1v) is 7.79. The molecule has 1 atom stereocenters. The summed E-state index contributed by atoms with van der Waals surface area (Å²) in [5.74, 6) is 1.50. The van der Waals surface area contributed by atoms with E-state index >= 15 is 0 Å². The fourth-order valence-electron chi connectivity index (χ4n) is 2.06. The Hall–Kier alpha value is -1.20. The lowest BCUT2D eigenvalue weighted by Gasteiger charge is -2.14. The van der Waals surface area contributed by atoms with E-state index in [-0.39, 0.29) is 12.5 Å². The number of aryl methyl sites for hydroxylation is 1. The van der Waals surface area contributed by atoms with Crippen molar-refractivity contribution in [1.82, 2.24) is 0 Å². The number of carbonyl (C=O) groups is 1. The minimum atomic E-state index is -0.188. The van der Waals surface area contributed by atoms with Gasteiger partial charge in [0, 0.05) is 5.02 Å². The standard InChI is InChI=1S/C15H15Cl3N2O2/c1-9-3-4-11(22-9)7-20(2)8-14(21)19-15-12(17)5-10(16)6-13(15)18/h3-6H,7-8H2,1-2H3,(H,19,21)/p+1. The Kier molecular flexibility index (Phi) is 5.75. The number of nitrogens with one attached hydrogen (secondary N) is 2. The van der Waals surface area contributed by atoms with Crippen molar-refractivity contribution in [2.75, 3.05) is 18.9 Å².